The lowest BCUT2D eigenvalue weighted by Crippen LogP contribution is -2.32. The Morgan fingerprint density at radius 1 is 1.28 bits per heavy atom. The average Bonchev–Trinajstić information content (AvgIpc) is 2.32. The van der Waals surface area contributed by atoms with E-state index < -0.39 is 0 Å². The predicted molar refractivity (Wildman–Crippen MR) is 78.9 cm³/mol. The Morgan fingerprint density at radius 2 is 2.00 bits per heavy atom. The molecule has 1 aromatic rings. The molecule has 3 nitrogen and oxygen atoms in total. The van der Waals surface area contributed by atoms with Crippen molar-refractivity contribution in [3.05, 3.63) is 34.3 Å². The molecule has 0 fully saturated rings. The van der Waals surface area contributed by atoms with Crippen molar-refractivity contribution in [1.82, 2.24) is 10.6 Å². The van der Waals surface area contributed by atoms with E-state index in [2.05, 4.69) is 17.6 Å². The van der Waals surface area contributed by atoms with Gasteiger partial charge in [0.25, 0.3) is 5.91 Å². The van der Waals surface area contributed by atoms with Crippen molar-refractivity contribution in [2.75, 3.05) is 19.6 Å². The minimum atomic E-state index is -0.0527. The molecular weight excluding hydrogens is 271 g/mol. The van der Waals surface area contributed by atoms with Crippen LogP contribution in [0.25, 0.3) is 0 Å². The highest BCUT2D eigenvalue weighted by Gasteiger charge is 2.05. The molecule has 102 valence electrons. The van der Waals surface area contributed by atoms with Crippen molar-refractivity contribution in [2.45, 2.75) is 20.3 Å². The summed E-state index contributed by atoms with van der Waals surface area (Å²) in [6.45, 7) is 6.42. The monoisotopic (exact) mass is 290 g/mol. The van der Waals surface area contributed by atoms with E-state index in [0.29, 0.717) is 17.1 Å². The summed E-state index contributed by atoms with van der Waals surface area (Å²) in [5, 5.41) is 6.77. The van der Waals surface area contributed by atoms with Crippen LogP contribution in [0.15, 0.2) is 18.2 Å². The largest absolute Gasteiger partial charge is 0.351 e. The first-order valence-electron chi connectivity index (χ1n) is 5.90. The van der Waals surface area contributed by atoms with Gasteiger partial charge < -0.3 is 10.6 Å². The Kier molecular flexibility index (Phi) is 8.81. The van der Waals surface area contributed by atoms with Gasteiger partial charge in [-0.25, -0.2) is 0 Å². The Labute approximate surface area is 120 Å². The second-order valence-electron chi connectivity index (χ2n) is 3.97. The molecular formula is C13H20Cl2N2O. The van der Waals surface area contributed by atoms with Gasteiger partial charge >= 0.3 is 0 Å². The maximum Gasteiger partial charge on any atom is 0.251 e. The van der Waals surface area contributed by atoms with Gasteiger partial charge in [0.1, 0.15) is 0 Å². The van der Waals surface area contributed by atoms with Crippen LogP contribution in [0.1, 0.15) is 29.3 Å². The highest BCUT2D eigenvalue weighted by Crippen LogP contribution is 2.15. The summed E-state index contributed by atoms with van der Waals surface area (Å²) in [5.74, 6) is -0.0527. The van der Waals surface area contributed by atoms with E-state index in [4.69, 9.17) is 11.6 Å². The van der Waals surface area contributed by atoms with Gasteiger partial charge in [-0.3, -0.25) is 4.79 Å². The van der Waals surface area contributed by atoms with E-state index in [-0.39, 0.29) is 18.3 Å². The van der Waals surface area contributed by atoms with Gasteiger partial charge in [-0.2, -0.15) is 0 Å². The summed E-state index contributed by atoms with van der Waals surface area (Å²) in [6, 6.07) is 5.29. The van der Waals surface area contributed by atoms with Crippen LogP contribution in [0.4, 0.5) is 0 Å². The van der Waals surface area contributed by atoms with Crippen LogP contribution in [0.2, 0.25) is 5.02 Å². The Balaban J connectivity index is 0.00000289. The van der Waals surface area contributed by atoms with Crippen LogP contribution in [0.3, 0.4) is 0 Å². The molecule has 0 heterocycles. The van der Waals surface area contributed by atoms with E-state index in [0.717, 1.165) is 25.1 Å². The number of hydrogen-bond acceptors (Lipinski definition) is 2. The van der Waals surface area contributed by atoms with Crippen LogP contribution in [-0.2, 0) is 0 Å². The third-order valence-corrected chi connectivity index (χ3v) is 2.86. The molecule has 1 aromatic carbocycles. The number of carbonyl (C=O) groups excluding carboxylic acids is 1. The molecule has 0 atom stereocenters. The number of aryl methyl sites for hydroxylation is 1. The van der Waals surface area contributed by atoms with Crippen LogP contribution in [-0.4, -0.2) is 25.5 Å². The standard InChI is InChI=1S/C13H19ClN2O.ClH/c1-3-6-15-7-8-16-13(17)11-4-5-12(14)10(2)9-11;/h4-5,9,15H,3,6-8H2,1-2H3,(H,16,17);1H. The second-order valence-corrected chi connectivity index (χ2v) is 4.38. The van der Waals surface area contributed by atoms with Crippen molar-refractivity contribution in [3.63, 3.8) is 0 Å². The number of nitrogens with one attached hydrogen (secondary N) is 2. The zero-order valence-electron chi connectivity index (χ0n) is 10.8. The first-order valence-corrected chi connectivity index (χ1v) is 6.28. The molecule has 0 radical (unpaired) electrons. The molecule has 1 amide bonds. The van der Waals surface area contributed by atoms with Gasteiger partial charge in [-0.05, 0) is 43.7 Å². The van der Waals surface area contributed by atoms with Crippen molar-refractivity contribution < 1.29 is 4.79 Å². The van der Waals surface area contributed by atoms with Crippen LogP contribution in [0.5, 0.6) is 0 Å². The summed E-state index contributed by atoms with van der Waals surface area (Å²) in [4.78, 5) is 11.8. The number of hydrogen-bond donors (Lipinski definition) is 2. The SMILES string of the molecule is CCCNCCNC(=O)c1ccc(Cl)c(C)c1.Cl. The molecule has 0 saturated carbocycles. The van der Waals surface area contributed by atoms with Gasteiger partial charge in [0, 0.05) is 23.7 Å². The van der Waals surface area contributed by atoms with Gasteiger partial charge in [0.15, 0.2) is 0 Å². The number of halogens is 2. The molecule has 0 aliphatic rings. The van der Waals surface area contributed by atoms with E-state index in [1.54, 1.807) is 18.2 Å². The summed E-state index contributed by atoms with van der Waals surface area (Å²) < 4.78 is 0. The topological polar surface area (TPSA) is 41.1 Å². The first kappa shape index (κ1) is 17.2. The maximum atomic E-state index is 11.8. The van der Waals surface area contributed by atoms with Gasteiger partial charge in [0.05, 0.1) is 0 Å². The van der Waals surface area contributed by atoms with E-state index in [9.17, 15) is 4.79 Å². The van der Waals surface area contributed by atoms with Crippen molar-refractivity contribution in [3.8, 4) is 0 Å². The molecule has 2 N–H and O–H groups in total. The summed E-state index contributed by atoms with van der Waals surface area (Å²) >= 11 is 5.91. The molecule has 0 aromatic heterocycles. The van der Waals surface area contributed by atoms with E-state index in [1.165, 1.54) is 0 Å². The fourth-order valence-corrected chi connectivity index (χ4v) is 1.57. The summed E-state index contributed by atoms with van der Waals surface area (Å²) in [7, 11) is 0. The average molecular weight is 291 g/mol. The molecule has 0 unspecified atom stereocenters. The molecule has 0 bridgehead atoms. The predicted octanol–water partition coefficient (Wildman–Crippen LogP) is 2.80. The lowest BCUT2D eigenvalue weighted by Gasteiger charge is -2.07. The Hall–Kier alpha value is -0.770. The minimum Gasteiger partial charge on any atom is -0.351 e. The molecule has 18 heavy (non-hydrogen) atoms. The normalized spacial score (nSPS) is 9.72. The highest BCUT2D eigenvalue weighted by molar-refractivity contribution is 6.31. The summed E-state index contributed by atoms with van der Waals surface area (Å²) in [6.07, 6.45) is 1.10. The van der Waals surface area contributed by atoms with Gasteiger partial charge in [-0.1, -0.05) is 18.5 Å². The fourth-order valence-electron chi connectivity index (χ4n) is 1.45. The Bertz CT molecular complexity index is 383. The first-order chi connectivity index (χ1) is 8.15. The lowest BCUT2D eigenvalue weighted by atomic mass is 10.1. The quantitative estimate of drug-likeness (QED) is 0.791. The van der Waals surface area contributed by atoms with Crippen LogP contribution >= 0.6 is 24.0 Å². The van der Waals surface area contributed by atoms with E-state index >= 15 is 0 Å². The molecule has 0 spiro atoms. The smallest absolute Gasteiger partial charge is 0.251 e. The van der Waals surface area contributed by atoms with Crippen molar-refractivity contribution in [2.24, 2.45) is 0 Å². The van der Waals surface area contributed by atoms with Crippen LogP contribution < -0.4 is 10.6 Å². The molecule has 0 saturated heterocycles. The van der Waals surface area contributed by atoms with Crippen LogP contribution in [0, 0.1) is 6.92 Å². The zero-order chi connectivity index (χ0) is 12.7. The highest BCUT2D eigenvalue weighted by atomic mass is 35.5. The minimum absolute atomic E-state index is 0. The third-order valence-electron chi connectivity index (χ3n) is 2.43. The number of benzene rings is 1. The maximum absolute atomic E-state index is 11.8. The van der Waals surface area contributed by atoms with Gasteiger partial charge in [-0.15, -0.1) is 12.4 Å². The molecule has 1 rings (SSSR count). The van der Waals surface area contributed by atoms with Crippen molar-refractivity contribution >= 4 is 29.9 Å². The molecule has 0 aliphatic heterocycles. The van der Waals surface area contributed by atoms with Crippen molar-refractivity contribution in [1.29, 1.82) is 0 Å². The second kappa shape index (κ2) is 9.20. The zero-order valence-corrected chi connectivity index (χ0v) is 12.3. The number of amides is 1. The number of carbonyl (C=O) groups is 1. The fraction of sp³-hybridized carbons (Fsp3) is 0.462. The molecule has 0 aliphatic carbocycles. The Morgan fingerprint density at radius 3 is 2.61 bits per heavy atom. The van der Waals surface area contributed by atoms with E-state index in [1.807, 2.05) is 6.92 Å². The van der Waals surface area contributed by atoms with Gasteiger partial charge in [0.2, 0.25) is 0 Å². The summed E-state index contributed by atoms with van der Waals surface area (Å²) in [5.41, 5.74) is 1.57. The lowest BCUT2D eigenvalue weighted by molar-refractivity contribution is 0.0954. The number of rotatable bonds is 6. The third kappa shape index (κ3) is 5.71. The molecule has 5 heteroatoms.